The highest BCUT2D eigenvalue weighted by Crippen LogP contribution is 2.30. The normalized spacial score (nSPS) is 11.0. The summed E-state index contributed by atoms with van der Waals surface area (Å²) in [7, 11) is 0. The standard InChI is InChI=1S/C14H11NO8/c16-11(17)8(12(18)19)6-3-5-1-2-15-10(5)7(4-6)9(13(20)21)14(22)23/h1-4,8-9,15H,(H,16,17)(H,18,19)(H,20,21)(H,22,23). The Hall–Kier alpha value is -3.36. The predicted octanol–water partition coefficient (Wildman–Crippen LogP) is 0.673. The summed E-state index contributed by atoms with van der Waals surface area (Å²) in [6.45, 7) is 0. The third-order valence-corrected chi connectivity index (χ3v) is 3.34. The van der Waals surface area contributed by atoms with Crippen molar-refractivity contribution in [3.05, 3.63) is 35.5 Å². The Balaban J connectivity index is 2.76. The van der Waals surface area contributed by atoms with E-state index in [4.69, 9.17) is 20.4 Å². The van der Waals surface area contributed by atoms with E-state index in [2.05, 4.69) is 4.98 Å². The van der Waals surface area contributed by atoms with Gasteiger partial charge in [-0.3, -0.25) is 19.2 Å². The summed E-state index contributed by atoms with van der Waals surface area (Å²) >= 11 is 0. The minimum Gasteiger partial charge on any atom is -0.480 e. The number of hydrogen-bond acceptors (Lipinski definition) is 4. The zero-order chi connectivity index (χ0) is 17.3. The summed E-state index contributed by atoms with van der Waals surface area (Å²) in [5, 5.41) is 36.6. The van der Waals surface area contributed by atoms with E-state index in [0.717, 1.165) is 6.07 Å². The summed E-state index contributed by atoms with van der Waals surface area (Å²) in [5.74, 6) is -10.5. The summed E-state index contributed by atoms with van der Waals surface area (Å²) in [6, 6.07) is 3.71. The van der Waals surface area contributed by atoms with E-state index in [1.54, 1.807) is 0 Å². The van der Waals surface area contributed by atoms with E-state index < -0.39 is 35.7 Å². The quantitative estimate of drug-likeness (QED) is 0.484. The van der Waals surface area contributed by atoms with Crippen molar-refractivity contribution < 1.29 is 39.6 Å². The van der Waals surface area contributed by atoms with Gasteiger partial charge in [-0.1, -0.05) is 6.07 Å². The molecule has 9 heteroatoms. The Morgan fingerprint density at radius 1 is 0.826 bits per heavy atom. The zero-order valence-corrected chi connectivity index (χ0v) is 11.4. The number of carboxylic acids is 4. The topological polar surface area (TPSA) is 165 Å². The highest BCUT2D eigenvalue weighted by Gasteiger charge is 2.34. The first-order valence-corrected chi connectivity index (χ1v) is 6.26. The number of H-pyrrole nitrogens is 1. The second-order valence-corrected chi connectivity index (χ2v) is 4.77. The summed E-state index contributed by atoms with van der Waals surface area (Å²) in [4.78, 5) is 47.4. The molecule has 2 aromatic rings. The van der Waals surface area contributed by atoms with Gasteiger partial charge in [-0.25, -0.2) is 0 Å². The first-order chi connectivity index (χ1) is 10.7. The average molecular weight is 321 g/mol. The largest absolute Gasteiger partial charge is 0.480 e. The molecular weight excluding hydrogens is 310 g/mol. The molecule has 0 amide bonds. The SMILES string of the molecule is O=C(O)C(C(=O)O)c1cc(C(C(=O)O)C(=O)O)c2[nH]ccc2c1. The molecule has 0 fully saturated rings. The third-order valence-electron chi connectivity index (χ3n) is 3.34. The molecule has 2 rings (SSSR count). The molecule has 5 N–H and O–H groups in total. The molecule has 0 unspecified atom stereocenters. The highest BCUT2D eigenvalue weighted by molar-refractivity contribution is 6.04. The molecule has 0 atom stereocenters. The second kappa shape index (κ2) is 5.79. The lowest BCUT2D eigenvalue weighted by Gasteiger charge is -2.14. The third kappa shape index (κ3) is 2.84. The van der Waals surface area contributed by atoms with Crippen molar-refractivity contribution in [3.8, 4) is 0 Å². The van der Waals surface area contributed by atoms with Gasteiger partial charge in [0.25, 0.3) is 0 Å². The Morgan fingerprint density at radius 2 is 1.35 bits per heavy atom. The zero-order valence-electron chi connectivity index (χ0n) is 11.4. The van der Waals surface area contributed by atoms with Crippen molar-refractivity contribution in [2.45, 2.75) is 11.8 Å². The number of aliphatic carboxylic acids is 4. The minimum atomic E-state index is -1.96. The van der Waals surface area contributed by atoms with Gasteiger partial charge in [0.05, 0.1) is 5.52 Å². The van der Waals surface area contributed by atoms with Crippen LogP contribution in [0.15, 0.2) is 24.4 Å². The molecule has 0 aliphatic carbocycles. The van der Waals surface area contributed by atoms with Crippen molar-refractivity contribution in [1.82, 2.24) is 4.98 Å². The number of carboxylic acid groups (broad SMARTS) is 4. The monoisotopic (exact) mass is 321 g/mol. The number of hydrogen-bond donors (Lipinski definition) is 5. The van der Waals surface area contributed by atoms with Crippen LogP contribution >= 0.6 is 0 Å². The molecule has 0 spiro atoms. The molecular formula is C14H11NO8. The van der Waals surface area contributed by atoms with Gasteiger partial charge < -0.3 is 25.4 Å². The molecule has 0 saturated carbocycles. The van der Waals surface area contributed by atoms with Crippen molar-refractivity contribution in [1.29, 1.82) is 0 Å². The first-order valence-electron chi connectivity index (χ1n) is 6.26. The van der Waals surface area contributed by atoms with E-state index in [0.29, 0.717) is 5.39 Å². The van der Waals surface area contributed by atoms with Gasteiger partial charge in [0.15, 0.2) is 11.8 Å². The lowest BCUT2D eigenvalue weighted by Crippen LogP contribution is -2.24. The Kier molecular flexibility index (Phi) is 4.04. The van der Waals surface area contributed by atoms with Gasteiger partial charge in [0.1, 0.15) is 0 Å². The van der Waals surface area contributed by atoms with E-state index in [1.165, 1.54) is 18.3 Å². The number of nitrogens with one attached hydrogen (secondary N) is 1. The van der Waals surface area contributed by atoms with Gasteiger partial charge in [0, 0.05) is 11.8 Å². The van der Waals surface area contributed by atoms with Crippen molar-refractivity contribution in [3.63, 3.8) is 0 Å². The van der Waals surface area contributed by atoms with Crippen molar-refractivity contribution in [2.75, 3.05) is 0 Å². The maximum Gasteiger partial charge on any atom is 0.322 e. The molecule has 120 valence electrons. The molecule has 0 bridgehead atoms. The van der Waals surface area contributed by atoms with Crippen LogP contribution in [0.3, 0.4) is 0 Å². The lowest BCUT2D eigenvalue weighted by molar-refractivity contribution is -0.151. The Bertz CT molecular complexity index is 793. The maximum atomic E-state index is 11.2. The van der Waals surface area contributed by atoms with Crippen LogP contribution in [0.5, 0.6) is 0 Å². The molecule has 1 aromatic carbocycles. The van der Waals surface area contributed by atoms with Crippen LogP contribution in [0.4, 0.5) is 0 Å². The van der Waals surface area contributed by atoms with Crippen LogP contribution in [0.2, 0.25) is 0 Å². The molecule has 23 heavy (non-hydrogen) atoms. The number of carbonyl (C=O) groups is 4. The van der Waals surface area contributed by atoms with Crippen LogP contribution < -0.4 is 0 Å². The lowest BCUT2D eigenvalue weighted by atomic mass is 9.90. The van der Waals surface area contributed by atoms with Gasteiger partial charge in [-0.2, -0.15) is 0 Å². The number of fused-ring (bicyclic) bond motifs is 1. The fourth-order valence-electron chi connectivity index (χ4n) is 2.38. The first kappa shape index (κ1) is 16.0. The molecule has 0 radical (unpaired) electrons. The van der Waals surface area contributed by atoms with E-state index >= 15 is 0 Å². The van der Waals surface area contributed by atoms with Crippen molar-refractivity contribution in [2.24, 2.45) is 0 Å². The maximum absolute atomic E-state index is 11.2. The molecule has 0 aliphatic heterocycles. The van der Waals surface area contributed by atoms with E-state index in [-0.39, 0.29) is 16.6 Å². The highest BCUT2D eigenvalue weighted by atomic mass is 16.4. The van der Waals surface area contributed by atoms with Gasteiger partial charge in [0.2, 0.25) is 0 Å². The molecule has 0 saturated heterocycles. The second-order valence-electron chi connectivity index (χ2n) is 4.77. The predicted molar refractivity (Wildman–Crippen MR) is 74.3 cm³/mol. The number of aromatic amines is 1. The minimum absolute atomic E-state index is 0.193. The molecule has 0 aliphatic rings. The average Bonchev–Trinajstić information content (AvgIpc) is 2.85. The fourth-order valence-corrected chi connectivity index (χ4v) is 2.38. The Labute approximate surface area is 127 Å². The molecule has 1 aromatic heterocycles. The van der Waals surface area contributed by atoms with Crippen molar-refractivity contribution >= 4 is 34.8 Å². The summed E-state index contributed by atoms with van der Waals surface area (Å²) in [6.07, 6.45) is 1.41. The van der Waals surface area contributed by atoms with Crippen LogP contribution in [0.25, 0.3) is 10.9 Å². The van der Waals surface area contributed by atoms with Gasteiger partial charge >= 0.3 is 23.9 Å². The summed E-state index contributed by atoms with van der Waals surface area (Å²) < 4.78 is 0. The van der Waals surface area contributed by atoms with Crippen LogP contribution in [-0.4, -0.2) is 49.3 Å². The van der Waals surface area contributed by atoms with Crippen LogP contribution in [0, 0.1) is 0 Å². The Morgan fingerprint density at radius 3 is 1.83 bits per heavy atom. The number of rotatable bonds is 6. The molecule has 1 heterocycles. The smallest absolute Gasteiger partial charge is 0.322 e. The fraction of sp³-hybridized carbons (Fsp3) is 0.143. The van der Waals surface area contributed by atoms with Gasteiger partial charge in [-0.15, -0.1) is 0 Å². The van der Waals surface area contributed by atoms with E-state index in [1.807, 2.05) is 0 Å². The van der Waals surface area contributed by atoms with Crippen LogP contribution in [-0.2, 0) is 19.2 Å². The van der Waals surface area contributed by atoms with Crippen LogP contribution in [0.1, 0.15) is 23.0 Å². The van der Waals surface area contributed by atoms with Gasteiger partial charge in [-0.05, 0) is 23.1 Å². The summed E-state index contributed by atoms with van der Waals surface area (Å²) in [5.41, 5.74) is -0.229. The number of benzene rings is 1. The molecule has 9 nitrogen and oxygen atoms in total. The number of aromatic nitrogens is 1. The van der Waals surface area contributed by atoms with E-state index in [9.17, 15) is 19.2 Å².